The molecule has 6 heteroatoms. The van der Waals surface area contributed by atoms with Crippen molar-refractivity contribution in [3.8, 4) is 6.07 Å². The van der Waals surface area contributed by atoms with Gasteiger partial charge >= 0.3 is 0 Å². The van der Waals surface area contributed by atoms with Gasteiger partial charge in [0, 0.05) is 22.4 Å². The number of carbonyl (C=O) groups excluding carboxylic acids is 1. The zero-order valence-electron chi connectivity index (χ0n) is 14.8. The van der Waals surface area contributed by atoms with Crippen LogP contribution in [0.25, 0.3) is 10.9 Å². The molecule has 0 aliphatic heterocycles. The highest BCUT2D eigenvalue weighted by molar-refractivity contribution is 7.09. The average Bonchev–Trinajstić information content (AvgIpc) is 3.26. The van der Waals surface area contributed by atoms with Gasteiger partial charge in [-0.25, -0.2) is 4.98 Å². The molecule has 2 heterocycles. The lowest BCUT2D eigenvalue weighted by molar-refractivity contribution is 0.102. The fraction of sp³-hybridized carbons (Fsp3) is 0.0455. The summed E-state index contributed by atoms with van der Waals surface area (Å²) in [6.45, 7) is 0.590. The summed E-state index contributed by atoms with van der Waals surface area (Å²) in [6.07, 6.45) is 0. The Morgan fingerprint density at radius 3 is 2.57 bits per heavy atom. The Hall–Kier alpha value is -3.69. The molecule has 0 bridgehead atoms. The molecule has 0 saturated carbocycles. The van der Waals surface area contributed by atoms with Crippen molar-refractivity contribution in [2.45, 2.75) is 6.54 Å². The topological polar surface area (TPSA) is 77.8 Å². The van der Waals surface area contributed by atoms with E-state index in [1.165, 1.54) is 0 Å². The lowest BCUT2D eigenvalue weighted by Crippen LogP contribution is -2.15. The van der Waals surface area contributed by atoms with Crippen LogP contribution >= 0.6 is 11.3 Å². The molecule has 2 aromatic heterocycles. The van der Waals surface area contributed by atoms with Crippen LogP contribution in [0.15, 0.2) is 72.1 Å². The SMILES string of the molecule is N#Cc1c(NC(=O)c2ccccc2)nc2ccccc2c1NCc1cccs1. The minimum absolute atomic E-state index is 0.253. The van der Waals surface area contributed by atoms with Crippen molar-refractivity contribution < 1.29 is 4.79 Å². The van der Waals surface area contributed by atoms with E-state index in [4.69, 9.17) is 0 Å². The molecule has 4 aromatic rings. The molecule has 5 nitrogen and oxygen atoms in total. The van der Waals surface area contributed by atoms with Crippen molar-refractivity contribution >= 4 is 39.7 Å². The lowest BCUT2D eigenvalue weighted by Gasteiger charge is -2.15. The van der Waals surface area contributed by atoms with Crippen molar-refractivity contribution in [1.82, 2.24) is 4.98 Å². The molecule has 136 valence electrons. The molecule has 28 heavy (non-hydrogen) atoms. The number of amides is 1. The third kappa shape index (κ3) is 3.56. The molecule has 2 N–H and O–H groups in total. The zero-order valence-corrected chi connectivity index (χ0v) is 15.7. The lowest BCUT2D eigenvalue weighted by atomic mass is 10.1. The summed E-state index contributed by atoms with van der Waals surface area (Å²) in [5, 5.41) is 18.8. The van der Waals surface area contributed by atoms with Gasteiger partial charge in [-0.2, -0.15) is 5.26 Å². The number of carbonyl (C=O) groups is 1. The summed E-state index contributed by atoms with van der Waals surface area (Å²) in [6, 6.07) is 22.7. The maximum atomic E-state index is 12.6. The van der Waals surface area contributed by atoms with Gasteiger partial charge in [0.2, 0.25) is 0 Å². The van der Waals surface area contributed by atoms with Crippen LogP contribution in [0, 0.1) is 11.3 Å². The van der Waals surface area contributed by atoms with Crippen LogP contribution in [0.2, 0.25) is 0 Å². The number of nitriles is 1. The number of nitrogens with zero attached hydrogens (tertiary/aromatic N) is 2. The van der Waals surface area contributed by atoms with Gasteiger partial charge in [-0.15, -0.1) is 11.3 Å². The Balaban J connectivity index is 1.76. The number of aromatic nitrogens is 1. The monoisotopic (exact) mass is 384 g/mol. The fourth-order valence-corrected chi connectivity index (χ4v) is 3.60. The van der Waals surface area contributed by atoms with Crippen LogP contribution in [0.4, 0.5) is 11.5 Å². The first-order valence-corrected chi connectivity index (χ1v) is 9.59. The van der Waals surface area contributed by atoms with Crippen LogP contribution in [-0.2, 0) is 6.54 Å². The minimum atomic E-state index is -0.302. The summed E-state index contributed by atoms with van der Waals surface area (Å²) in [5.74, 6) is -0.0483. The van der Waals surface area contributed by atoms with E-state index >= 15 is 0 Å². The second-order valence-corrected chi connectivity index (χ2v) is 7.12. The minimum Gasteiger partial charge on any atom is -0.378 e. The van der Waals surface area contributed by atoms with Gasteiger partial charge in [0.1, 0.15) is 11.6 Å². The molecule has 0 aliphatic rings. The van der Waals surface area contributed by atoms with Gasteiger partial charge in [-0.1, -0.05) is 42.5 Å². The Kier molecular flexibility index (Phi) is 5.00. The van der Waals surface area contributed by atoms with Gasteiger partial charge in [0.15, 0.2) is 5.82 Å². The predicted molar refractivity (Wildman–Crippen MR) is 112 cm³/mol. The van der Waals surface area contributed by atoms with Crippen molar-refractivity contribution in [2.24, 2.45) is 0 Å². The van der Waals surface area contributed by atoms with E-state index in [9.17, 15) is 10.1 Å². The molecule has 0 saturated heterocycles. The quantitative estimate of drug-likeness (QED) is 0.506. The summed E-state index contributed by atoms with van der Waals surface area (Å²) in [7, 11) is 0. The van der Waals surface area contributed by atoms with Crippen molar-refractivity contribution in [1.29, 1.82) is 5.26 Å². The molecular formula is C22H16N4OS. The van der Waals surface area contributed by atoms with E-state index in [1.54, 1.807) is 35.6 Å². The maximum Gasteiger partial charge on any atom is 0.256 e. The molecule has 4 rings (SSSR count). The summed E-state index contributed by atoms with van der Waals surface area (Å²) < 4.78 is 0. The number of fused-ring (bicyclic) bond motifs is 1. The fourth-order valence-electron chi connectivity index (χ4n) is 2.95. The highest BCUT2D eigenvalue weighted by Crippen LogP contribution is 2.31. The van der Waals surface area contributed by atoms with E-state index in [0.29, 0.717) is 28.9 Å². The number of hydrogen-bond acceptors (Lipinski definition) is 5. The van der Waals surface area contributed by atoms with Crippen molar-refractivity contribution in [3.63, 3.8) is 0 Å². The first-order chi connectivity index (χ1) is 13.8. The molecule has 0 unspecified atom stereocenters. The molecule has 0 spiro atoms. The van der Waals surface area contributed by atoms with E-state index < -0.39 is 0 Å². The van der Waals surface area contributed by atoms with E-state index in [1.807, 2.05) is 47.8 Å². The molecule has 0 radical (unpaired) electrons. The van der Waals surface area contributed by atoms with E-state index in [2.05, 4.69) is 21.7 Å². The highest BCUT2D eigenvalue weighted by atomic mass is 32.1. The Morgan fingerprint density at radius 1 is 1.04 bits per heavy atom. The third-order valence-electron chi connectivity index (χ3n) is 4.29. The normalized spacial score (nSPS) is 10.4. The van der Waals surface area contributed by atoms with E-state index in [-0.39, 0.29) is 11.7 Å². The number of nitrogens with one attached hydrogen (secondary N) is 2. The summed E-state index contributed by atoms with van der Waals surface area (Å²) in [4.78, 5) is 18.3. The number of thiophene rings is 1. The largest absolute Gasteiger partial charge is 0.378 e. The first kappa shape index (κ1) is 17.7. The van der Waals surface area contributed by atoms with Gasteiger partial charge in [0.25, 0.3) is 5.91 Å². The molecule has 0 atom stereocenters. The second-order valence-electron chi connectivity index (χ2n) is 6.09. The van der Waals surface area contributed by atoms with Crippen molar-refractivity contribution in [2.75, 3.05) is 10.6 Å². The van der Waals surface area contributed by atoms with Crippen LogP contribution in [0.3, 0.4) is 0 Å². The predicted octanol–water partition coefficient (Wildman–Crippen LogP) is 5.03. The Morgan fingerprint density at radius 2 is 1.82 bits per heavy atom. The smallest absolute Gasteiger partial charge is 0.256 e. The number of anilines is 2. The molecule has 0 aliphatic carbocycles. The summed E-state index contributed by atoms with van der Waals surface area (Å²) >= 11 is 1.64. The standard InChI is InChI=1S/C22H16N4OS/c23-13-18-20(24-14-16-9-6-12-28-16)17-10-4-5-11-19(17)25-21(18)26-22(27)15-7-2-1-3-8-15/h1-12H,14H2,(H2,24,25,26,27). The van der Waals surface area contributed by atoms with Gasteiger partial charge in [-0.3, -0.25) is 4.79 Å². The molecule has 0 fully saturated rings. The number of pyridine rings is 1. The highest BCUT2D eigenvalue weighted by Gasteiger charge is 2.17. The number of para-hydroxylation sites is 1. The van der Waals surface area contributed by atoms with Crippen LogP contribution in [0.5, 0.6) is 0 Å². The third-order valence-corrected chi connectivity index (χ3v) is 5.17. The van der Waals surface area contributed by atoms with Crippen molar-refractivity contribution in [3.05, 3.63) is 88.1 Å². The van der Waals surface area contributed by atoms with Crippen LogP contribution in [-0.4, -0.2) is 10.9 Å². The van der Waals surface area contributed by atoms with Gasteiger partial charge in [-0.05, 0) is 29.6 Å². The Bertz CT molecular complexity index is 1160. The molecular weight excluding hydrogens is 368 g/mol. The van der Waals surface area contributed by atoms with Gasteiger partial charge < -0.3 is 10.6 Å². The van der Waals surface area contributed by atoms with Crippen LogP contribution in [0.1, 0.15) is 20.8 Å². The second kappa shape index (κ2) is 7.91. The maximum absolute atomic E-state index is 12.6. The first-order valence-electron chi connectivity index (χ1n) is 8.72. The molecule has 1 amide bonds. The summed E-state index contributed by atoms with van der Waals surface area (Å²) in [5.41, 5.74) is 2.21. The number of rotatable bonds is 5. The van der Waals surface area contributed by atoms with Crippen LogP contribution < -0.4 is 10.6 Å². The average molecular weight is 384 g/mol. The van der Waals surface area contributed by atoms with Gasteiger partial charge in [0.05, 0.1) is 11.2 Å². The Labute approximate surface area is 166 Å². The number of hydrogen-bond donors (Lipinski definition) is 2. The number of benzene rings is 2. The molecule has 2 aromatic carbocycles. The van der Waals surface area contributed by atoms with E-state index in [0.717, 1.165) is 10.3 Å². The zero-order chi connectivity index (χ0) is 19.3.